The quantitative estimate of drug-likeness (QED) is 0.631. The van der Waals surface area contributed by atoms with Crippen LogP contribution in [0.2, 0.25) is 0 Å². The van der Waals surface area contributed by atoms with E-state index in [4.69, 9.17) is 4.74 Å². The molecule has 0 heterocycles. The minimum absolute atomic E-state index is 0.0246. The highest BCUT2D eigenvalue weighted by molar-refractivity contribution is 7.18. The predicted octanol–water partition coefficient (Wildman–Crippen LogP) is 3.73. The Morgan fingerprint density at radius 3 is 2.46 bits per heavy atom. The SMILES string of the molecule is CCCC(C)(P)OC1CCCCC1. The van der Waals surface area contributed by atoms with E-state index in [0.29, 0.717) is 6.10 Å². The molecule has 1 aliphatic carbocycles. The summed E-state index contributed by atoms with van der Waals surface area (Å²) in [6, 6.07) is 0. The topological polar surface area (TPSA) is 9.23 Å². The van der Waals surface area contributed by atoms with E-state index in [0.717, 1.165) is 6.42 Å². The van der Waals surface area contributed by atoms with E-state index >= 15 is 0 Å². The van der Waals surface area contributed by atoms with Crippen LogP contribution >= 0.6 is 9.24 Å². The Hall–Kier alpha value is 0.390. The first-order chi connectivity index (χ1) is 6.14. The molecular weight excluding hydrogens is 179 g/mol. The van der Waals surface area contributed by atoms with E-state index in [9.17, 15) is 0 Å². The van der Waals surface area contributed by atoms with Crippen molar-refractivity contribution in [2.45, 2.75) is 70.2 Å². The van der Waals surface area contributed by atoms with Gasteiger partial charge in [0.25, 0.3) is 0 Å². The summed E-state index contributed by atoms with van der Waals surface area (Å²) in [5.41, 5.74) is 0. The van der Waals surface area contributed by atoms with Crippen molar-refractivity contribution < 1.29 is 4.74 Å². The molecule has 1 nitrogen and oxygen atoms in total. The van der Waals surface area contributed by atoms with Gasteiger partial charge in [-0.15, -0.1) is 9.24 Å². The van der Waals surface area contributed by atoms with Crippen molar-refractivity contribution in [3.8, 4) is 0 Å². The zero-order valence-corrected chi connectivity index (χ0v) is 10.2. The molecule has 2 atom stereocenters. The van der Waals surface area contributed by atoms with Gasteiger partial charge in [0.1, 0.15) is 0 Å². The fourth-order valence-electron chi connectivity index (χ4n) is 2.12. The molecule has 0 amide bonds. The molecule has 1 rings (SSSR count). The van der Waals surface area contributed by atoms with Crippen molar-refractivity contribution in [3.05, 3.63) is 0 Å². The molecule has 0 saturated heterocycles. The second-order valence-electron chi connectivity index (χ2n) is 4.44. The largest absolute Gasteiger partial charge is 0.368 e. The normalized spacial score (nSPS) is 24.2. The van der Waals surface area contributed by atoms with E-state index in [1.54, 1.807) is 0 Å². The van der Waals surface area contributed by atoms with E-state index in [-0.39, 0.29) is 5.34 Å². The zero-order chi connectivity index (χ0) is 9.73. The van der Waals surface area contributed by atoms with E-state index in [1.807, 2.05) is 0 Å². The molecule has 13 heavy (non-hydrogen) atoms. The molecule has 0 spiro atoms. The minimum atomic E-state index is 0.0246. The van der Waals surface area contributed by atoms with Crippen LogP contribution in [0.5, 0.6) is 0 Å². The summed E-state index contributed by atoms with van der Waals surface area (Å²) >= 11 is 0. The number of rotatable bonds is 4. The highest BCUT2D eigenvalue weighted by Crippen LogP contribution is 2.31. The van der Waals surface area contributed by atoms with Gasteiger partial charge in [0.15, 0.2) is 0 Å². The summed E-state index contributed by atoms with van der Waals surface area (Å²) < 4.78 is 6.08. The van der Waals surface area contributed by atoms with Crippen LogP contribution in [-0.2, 0) is 4.74 Å². The second kappa shape index (κ2) is 5.32. The van der Waals surface area contributed by atoms with Crippen molar-refractivity contribution >= 4 is 9.24 Å². The van der Waals surface area contributed by atoms with Crippen LogP contribution in [0.15, 0.2) is 0 Å². The molecule has 2 unspecified atom stereocenters. The first-order valence-electron chi connectivity index (χ1n) is 5.61. The third-order valence-electron chi connectivity index (χ3n) is 2.73. The molecule has 0 aromatic rings. The zero-order valence-electron chi connectivity index (χ0n) is 9.01. The van der Waals surface area contributed by atoms with Crippen LogP contribution in [0, 0.1) is 0 Å². The summed E-state index contributed by atoms with van der Waals surface area (Å²) in [7, 11) is 2.86. The molecular formula is C11H23OP. The van der Waals surface area contributed by atoms with Gasteiger partial charge in [-0.25, -0.2) is 0 Å². The maximum atomic E-state index is 6.08. The van der Waals surface area contributed by atoms with Gasteiger partial charge < -0.3 is 4.74 Å². The van der Waals surface area contributed by atoms with Crippen molar-refractivity contribution in [1.82, 2.24) is 0 Å². The molecule has 1 aliphatic rings. The molecule has 0 aromatic heterocycles. The van der Waals surface area contributed by atoms with Crippen molar-refractivity contribution in [2.75, 3.05) is 0 Å². The second-order valence-corrected chi connectivity index (χ2v) is 5.66. The Labute approximate surface area is 84.8 Å². The molecule has 0 aromatic carbocycles. The van der Waals surface area contributed by atoms with Crippen molar-refractivity contribution in [3.63, 3.8) is 0 Å². The highest BCUT2D eigenvalue weighted by atomic mass is 31.0. The van der Waals surface area contributed by atoms with Crippen LogP contribution < -0.4 is 0 Å². The Morgan fingerprint density at radius 1 is 1.31 bits per heavy atom. The molecule has 1 saturated carbocycles. The van der Waals surface area contributed by atoms with E-state index in [2.05, 4.69) is 23.1 Å². The molecule has 2 heteroatoms. The summed E-state index contributed by atoms with van der Waals surface area (Å²) in [5, 5.41) is 0.0246. The third-order valence-corrected chi connectivity index (χ3v) is 3.16. The lowest BCUT2D eigenvalue weighted by atomic mass is 9.97. The minimum Gasteiger partial charge on any atom is -0.368 e. The average Bonchev–Trinajstić information content (AvgIpc) is 2.04. The lowest BCUT2D eigenvalue weighted by Gasteiger charge is -2.32. The van der Waals surface area contributed by atoms with Crippen molar-refractivity contribution in [1.29, 1.82) is 0 Å². The predicted molar refractivity (Wildman–Crippen MR) is 61.0 cm³/mol. The van der Waals surface area contributed by atoms with Gasteiger partial charge in [-0.3, -0.25) is 0 Å². The first-order valence-corrected chi connectivity index (χ1v) is 6.18. The van der Waals surface area contributed by atoms with Crippen LogP contribution in [-0.4, -0.2) is 11.4 Å². The lowest BCUT2D eigenvalue weighted by Crippen LogP contribution is -2.29. The number of hydrogen-bond donors (Lipinski definition) is 0. The van der Waals surface area contributed by atoms with Crippen LogP contribution in [0.25, 0.3) is 0 Å². The summed E-state index contributed by atoms with van der Waals surface area (Å²) in [5.74, 6) is 0. The van der Waals surface area contributed by atoms with Crippen LogP contribution in [0.1, 0.15) is 58.8 Å². The average molecular weight is 202 g/mol. The Morgan fingerprint density at radius 2 is 1.92 bits per heavy atom. The van der Waals surface area contributed by atoms with Crippen LogP contribution in [0.4, 0.5) is 0 Å². The molecule has 0 N–H and O–H groups in total. The standard InChI is InChI=1S/C11H23OP/c1-3-9-11(2,13)12-10-7-5-4-6-8-10/h10H,3-9,13H2,1-2H3. The van der Waals surface area contributed by atoms with Gasteiger partial charge in [0, 0.05) is 0 Å². The fraction of sp³-hybridized carbons (Fsp3) is 1.00. The third kappa shape index (κ3) is 4.42. The monoisotopic (exact) mass is 202 g/mol. The van der Waals surface area contributed by atoms with Gasteiger partial charge in [0.2, 0.25) is 0 Å². The maximum Gasteiger partial charge on any atom is 0.0789 e. The fourth-order valence-corrected chi connectivity index (χ4v) is 2.60. The Bertz CT molecular complexity index is 139. The van der Waals surface area contributed by atoms with Gasteiger partial charge in [-0.1, -0.05) is 32.6 Å². The molecule has 78 valence electrons. The Balaban J connectivity index is 2.28. The van der Waals surface area contributed by atoms with Gasteiger partial charge in [-0.2, -0.15) is 0 Å². The number of ether oxygens (including phenoxy) is 1. The van der Waals surface area contributed by atoms with E-state index < -0.39 is 0 Å². The number of hydrogen-bond acceptors (Lipinski definition) is 1. The lowest BCUT2D eigenvalue weighted by molar-refractivity contribution is -0.0459. The summed E-state index contributed by atoms with van der Waals surface area (Å²) in [6.45, 7) is 4.41. The van der Waals surface area contributed by atoms with E-state index in [1.165, 1.54) is 38.5 Å². The van der Waals surface area contributed by atoms with Gasteiger partial charge in [0.05, 0.1) is 11.4 Å². The first kappa shape index (κ1) is 11.5. The highest BCUT2D eigenvalue weighted by Gasteiger charge is 2.24. The maximum absolute atomic E-state index is 6.08. The molecule has 1 fully saturated rings. The van der Waals surface area contributed by atoms with Crippen LogP contribution in [0.3, 0.4) is 0 Å². The van der Waals surface area contributed by atoms with Crippen molar-refractivity contribution in [2.24, 2.45) is 0 Å². The Kier molecular flexibility index (Phi) is 4.69. The smallest absolute Gasteiger partial charge is 0.0789 e. The summed E-state index contributed by atoms with van der Waals surface area (Å²) in [6.07, 6.45) is 9.54. The van der Waals surface area contributed by atoms with Gasteiger partial charge >= 0.3 is 0 Å². The summed E-state index contributed by atoms with van der Waals surface area (Å²) in [4.78, 5) is 0. The van der Waals surface area contributed by atoms with Gasteiger partial charge in [-0.05, 0) is 26.2 Å². The molecule has 0 bridgehead atoms. The molecule has 0 aliphatic heterocycles. The molecule has 0 radical (unpaired) electrons.